The van der Waals surface area contributed by atoms with Gasteiger partial charge in [0.15, 0.2) is 0 Å². The molecule has 156 valence electrons. The van der Waals surface area contributed by atoms with Gasteiger partial charge in [-0.25, -0.2) is 0 Å². The number of fused-ring (bicyclic) bond motifs is 1. The molecule has 0 spiro atoms. The van der Waals surface area contributed by atoms with Gasteiger partial charge < -0.3 is 25.1 Å². The van der Waals surface area contributed by atoms with Crippen LogP contribution in [0.3, 0.4) is 0 Å². The number of aliphatic imine (C=N–C) groups is 1. The van der Waals surface area contributed by atoms with Crippen LogP contribution in [0.15, 0.2) is 71.6 Å². The topological polar surface area (TPSA) is 72.5 Å². The molecule has 3 aromatic rings. The number of aromatic nitrogens is 1. The summed E-state index contributed by atoms with van der Waals surface area (Å²) in [5.74, 6) is 1.85. The lowest BCUT2D eigenvalue weighted by Gasteiger charge is -2.27. The number of para-hydroxylation sites is 1. The summed E-state index contributed by atoms with van der Waals surface area (Å²) in [6.07, 6.45) is 4.99. The molecule has 1 aromatic heterocycles. The number of rotatable bonds is 6. The van der Waals surface area contributed by atoms with Gasteiger partial charge in [0.05, 0.1) is 6.67 Å². The first-order valence-corrected chi connectivity index (χ1v) is 12.7. The number of hydrogen-bond donors (Lipinski definition) is 3. The summed E-state index contributed by atoms with van der Waals surface area (Å²) < 4.78 is 12.2. The largest absolute Gasteiger partial charge is 0.361 e. The van der Waals surface area contributed by atoms with Gasteiger partial charge in [-0.15, -0.1) is 0 Å². The first kappa shape index (κ1) is 20.3. The summed E-state index contributed by atoms with van der Waals surface area (Å²) in [5.41, 5.74) is 3.41. The molecule has 0 amide bonds. The van der Waals surface area contributed by atoms with E-state index in [0.29, 0.717) is 6.67 Å². The van der Waals surface area contributed by atoms with Crippen LogP contribution in [0, 0.1) is 0 Å². The third-order valence-corrected chi connectivity index (χ3v) is 6.81. The fourth-order valence-electron chi connectivity index (χ4n) is 3.51. The smallest absolute Gasteiger partial charge is 0.128 e. The van der Waals surface area contributed by atoms with Crippen molar-refractivity contribution in [1.82, 2.24) is 15.2 Å². The predicted octanol–water partition coefficient (Wildman–Crippen LogP) is 3.80. The summed E-state index contributed by atoms with van der Waals surface area (Å²) in [6.45, 7) is 4.98. The molecule has 0 unspecified atom stereocenters. The van der Waals surface area contributed by atoms with E-state index in [1.807, 2.05) is 43.5 Å². The van der Waals surface area contributed by atoms with Gasteiger partial charge in [-0.2, -0.15) is 0 Å². The lowest BCUT2D eigenvalue weighted by molar-refractivity contribution is 0.461. The number of amidine groups is 1. The molecule has 0 fully saturated rings. The highest BCUT2D eigenvalue weighted by Crippen LogP contribution is 2.34. The van der Waals surface area contributed by atoms with Crippen molar-refractivity contribution in [2.24, 2.45) is 4.99 Å². The lowest BCUT2D eigenvalue weighted by Crippen LogP contribution is -2.41. The van der Waals surface area contributed by atoms with E-state index >= 15 is 0 Å². The molecule has 0 aliphatic carbocycles. The first-order valence-electron chi connectivity index (χ1n) is 10.1. The second-order valence-corrected chi connectivity index (χ2v) is 11.2. The van der Waals surface area contributed by atoms with Gasteiger partial charge >= 0.3 is 0 Å². The van der Waals surface area contributed by atoms with E-state index in [2.05, 4.69) is 44.9 Å². The minimum absolute atomic E-state index is 0.682. The van der Waals surface area contributed by atoms with E-state index in [1.54, 1.807) is 13.3 Å². The number of nitrogens with zero attached hydrogens (tertiary/aromatic N) is 2. The maximum Gasteiger partial charge on any atom is 0.128 e. The summed E-state index contributed by atoms with van der Waals surface area (Å²) in [4.78, 5) is 10.2. The molecule has 2 aromatic carbocycles. The second-order valence-electron chi connectivity index (χ2n) is 7.96. The average Bonchev–Trinajstić information content (AvgIpc) is 3.13. The van der Waals surface area contributed by atoms with Gasteiger partial charge in [0.2, 0.25) is 0 Å². The minimum atomic E-state index is -2.23. The molecule has 1 aliphatic heterocycles. The van der Waals surface area contributed by atoms with Gasteiger partial charge in [-0.1, -0.05) is 18.2 Å². The average molecular weight is 421 g/mol. The highest BCUT2D eigenvalue weighted by molar-refractivity contribution is 7.70. The SMILES string of the molecule is CN1CNC(Nc2ccc(P(C)(C)=O)cc2)=CC1=NCCc1c[nH]c2ccccc12. The number of anilines is 1. The van der Waals surface area contributed by atoms with Crippen molar-refractivity contribution >= 4 is 34.9 Å². The Bertz CT molecular complexity index is 1140. The van der Waals surface area contributed by atoms with Gasteiger partial charge in [0.25, 0.3) is 0 Å². The van der Waals surface area contributed by atoms with Crippen molar-refractivity contribution in [2.75, 3.05) is 38.9 Å². The van der Waals surface area contributed by atoms with E-state index in [-0.39, 0.29) is 0 Å². The third-order valence-electron chi connectivity index (χ3n) is 5.27. The molecular formula is C23H28N5OP. The molecule has 0 radical (unpaired) electrons. The highest BCUT2D eigenvalue weighted by Gasteiger charge is 2.14. The number of benzene rings is 2. The third kappa shape index (κ3) is 4.60. The first-order chi connectivity index (χ1) is 14.4. The lowest BCUT2D eigenvalue weighted by atomic mass is 10.1. The van der Waals surface area contributed by atoms with Crippen molar-refractivity contribution in [3.05, 3.63) is 72.2 Å². The Morgan fingerprint density at radius 3 is 2.67 bits per heavy atom. The van der Waals surface area contributed by atoms with Crippen molar-refractivity contribution in [3.63, 3.8) is 0 Å². The van der Waals surface area contributed by atoms with Crippen LogP contribution in [0.4, 0.5) is 5.69 Å². The number of aromatic amines is 1. The zero-order valence-corrected chi connectivity index (χ0v) is 18.5. The van der Waals surface area contributed by atoms with Crippen molar-refractivity contribution < 1.29 is 4.57 Å². The fraction of sp³-hybridized carbons (Fsp3) is 0.261. The summed E-state index contributed by atoms with van der Waals surface area (Å²) in [5, 5.41) is 8.89. The van der Waals surface area contributed by atoms with Crippen LogP contribution in [0.1, 0.15) is 5.56 Å². The zero-order valence-electron chi connectivity index (χ0n) is 17.6. The van der Waals surface area contributed by atoms with Gasteiger partial charge in [0.1, 0.15) is 18.8 Å². The Kier molecular flexibility index (Phi) is 5.69. The number of nitrogens with one attached hydrogen (secondary N) is 3. The van der Waals surface area contributed by atoms with Crippen LogP contribution in [0.2, 0.25) is 0 Å². The molecule has 0 saturated heterocycles. The molecule has 1 aliphatic rings. The molecule has 4 rings (SSSR count). The summed E-state index contributed by atoms with van der Waals surface area (Å²) in [7, 11) is -0.206. The Labute approximate surface area is 177 Å². The summed E-state index contributed by atoms with van der Waals surface area (Å²) in [6, 6.07) is 16.1. The van der Waals surface area contributed by atoms with Gasteiger partial charge in [-0.3, -0.25) is 4.99 Å². The van der Waals surface area contributed by atoms with Crippen LogP contribution < -0.4 is 15.9 Å². The predicted molar refractivity (Wildman–Crippen MR) is 127 cm³/mol. The fourth-order valence-corrected chi connectivity index (χ4v) is 4.38. The van der Waals surface area contributed by atoms with Crippen LogP contribution in [0.5, 0.6) is 0 Å². The molecule has 0 atom stereocenters. The number of likely N-dealkylation sites (N-methyl/N-ethyl adjacent to an activating group) is 1. The van der Waals surface area contributed by atoms with Crippen molar-refractivity contribution in [2.45, 2.75) is 6.42 Å². The molecule has 3 N–H and O–H groups in total. The molecular weight excluding hydrogens is 393 g/mol. The highest BCUT2D eigenvalue weighted by atomic mass is 31.2. The number of H-pyrrole nitrogens is 1. The zero-order chi connectivity index (χ0) is 21.1. The van der Waals surface area contributed by atoms with Gasteiger partial charge in [-0.05, 0) is 55.6 Å². The van der Waals surface area contributed by atoms with Gasteiger partial charge in [0, 0.05) is 47.8 Å². The van der Waals surface area contributed by atoms with Crippen molar-refractivity contribution in [1.29, 1.82) is 0 Å². The minimum Gasteiger partial charge on any atom is -0.361 e. The van der Waals surface area contributed by atoms with E-state index in [9.17, 15) is 4.57 Å². The number of hydrogen-bond acceptors (Lipinski definition) is 4. The molecule has 0 bridgehead atoms. The Hall–Kier alpha value is -2.98. The monoisotopic (exact) mass is 421 g/mol. The maximum absolute atomic E-state index is 12.2. The molecule has 7 heteroatoms. The second kappa shape index (κ2) is 8.41. The quantitative estimate of drug-likeness (QED) is 0.530. The maximum atomic E-state index is 12.2. The van der Waals surface area contributed by atoms with E-state index in [0.717, 1.165) is 35.6 Å². The molecule has 6 nitrogen and oxygen atoms in total. The normalized spacial score (nSPS) is 15.9. The Balaban J connectivity index is 1.44. The standard InChI is InChI=1S/C23H28N5OP/c1-28-16-26-22(27-18-8-10-19(11-9-18)30(2,3)29)14-23(28)24-13-12-17-15-25-21-7-5-4-6-20(17)21/h4-11,14-15,25-27H,12-13,16H2,1-3H3. The molecule has 0 saturated carbocycles. The molecule has 2 heterocycles. The molecule has 30 heavy (non-hydrogen) atoms. The van der Waals surface area contributed by atoms with E-state index < -0.39 is 7.14 Å². The Morgan fingerprint density at radius 1 is 1.13 bits per heavy atom. The van der Waals surface area contributed by atoms with Crippen LogP contribution >= 0.6 is 7.14 Å². The van der Waals surface area contributed by atoms with Crippen molar-refractivity contribution in [3.8, 4) is 0 Å². The van der Waals surface area contributed by atoms with Crippen LogP contribution in [-0.2, 0) is 11.0 Å². The van der Waals surface area contributed by atoms with E-state index in [4.69, 9.17) is 4.99 Å². The summed E-state index contributed by atoms with van der Waals surface area (Å²) >= 11 is 0. The van der Waals surface area contributed by atoms with Crippen LogP contribution in [-0.4, -0.2) is 49.3 Å². The Morgan fingerprint density at radius 2 is 1.90 bits per heavy atom. The van der Waals surface area contributed by atoms with E-state index in [1.165, 1.54) is 16.5 Å². The van der Waals surface area contributed by atoms with Crippen LogP contribution in [0.25, 0.3) is 10.9 Å².